The molecular weight excluding hydrogens is 172 g/mol. The molecule has 0 aliphatic rings. The van der Waals surface area contributed by atoms with Crippen LogP contribution in [0.15, 0.2) is 18.2 Å². The molecule has 0 aromatic heterocycles. The van der Waals surface area contributed by atoms with Gasteiger partial charge in [-0.25, -0.2) is 0 Å². The fourth-order valence-electron chi connectivity index (χ4n) is 1.67. The first-order valence-electron chi connectivity index (χ1n) is 5.41. The topological polar surface area (TPSA) is 9.23 Å². The normalized spacial score (nSPS) is 10.2. The van der Waals surface area contributed by atoms with Crippen LogP contribution < -0.4 is 4.74 Å². The van der Waals surface area contributed by atoms with E-state index in [0.29, 0.717) is 0 Å². The van der Waals surface area contributed by atoms with Crippen LogP contribution in [-0.2, 0) is 6.42 Å². The summed E-state index contributed by atoms with van der Waals surface area (Å²) in [6.07, 6.45) is 5.05. The molecule has 0 amide bonds. The maximum Gasteiger partial charge on any atom is 0.119 e. The van der Waals surface area contributed by atoms with E-state index in [1.807, 2.05) is 0 Å². The molecule has 0 aliphatic heterocycles. The molecule has 0 fully saturated rings. The summed E-state index contributed by atoms with van der Waals surface area (Å²) >= 11 is 0. The van der Waals surface area contributed by atoms with Gasteiger partial charge in [-0.15, -0.1) is 0 Å². The van der Waals surface area contributed by atoms with Crippen LogP contribution >= 0.6 is 0 Å². The van der Waals surface area contributed by atoms with Crippen molar-refractivity contribution in [2.24, 2.45) is 0 Å². The Labute approximate surface area is 87.1 Å². The number of ether oxygens (including phenoxy) is 1. The van der Waals surface area contributed by atoms with Gasteiger partial charge in [-0.05, 0) is 43.0 Å². The van der Waals surface area contributed by atoms with E-state index < -0.39 is 0 Å². The zero-order valence-corrected chi connectivity index (χ0v) is 9.47. The van der Waals surface area contributed by atoms with Crippen molar-refractivity contribution < 1.29 is 4.74 Å². The number of unbranched alkanes of at least 4 members (excludes halogenated alkanes) is 2. The zero-order valence-electron chi connectivity index (χ0n) is 9.47. The predicted octanol–water partition coefficient (Wildman–Crippen LogP) is 3.74. The highest BCUT2D eigenvalue weighted by Gasteiger charge is 1.98. The van der Waals surface area contributed by atoms with Crippen LogP contribution in [0.25, 0.3) is 0 Å². The average molecular weight is 192 g/mol. The Morgan fingerprint density at radius 2 is 1.93 bits per heavy atom. The first kappa shape index (κ1) is 11.1. The Morgan fingerprint density at radius 3 is 2.57 bits per heavy atom. The Balaban J connectivity index is 2.62. The summed E-state index contributed by atoms with van der Waals surface area (Å²) in [6.45, 7) is 4.35. The second-order valence-corrected chi connectivity index (χ2v) is 3.82. The van der Waals surface area contributed by atoms with Gasteiger partial charge >= 0.3 is 0 Å². The lowest BCUT2D eigenvalue weighted by Gasteiger charge is -2.06. The maximum atomic E-state index is 5.24. The van der Waals surface area contributed by atoms with E-state index in [2.05, 4.69) is 32.0 Å². The van der Waals surface area contributed by atoms with Crippen LogP contribution in [0, 0.1) is 6.92 Å². The van der Waals surface area contributed by atoms with Crippen LogP contribution in [-0.4, -0.2) is 7.11 Å². The fourth-order valence-corrected chi connectivity index (χ4v) is 1.67. The standard InChI is InChI=1S/C13H20O/c1-4-5-6-7-12-8-11(2)9-13(10-12)14-3/h8-10H,4-7H2,1-3H3. The maximum absolute atomic E-state index is 5.24. The van der Waals surface area contributed by atoms with Crippen molar-refractivity contribution >= 4 is 0 Å². The first-order chi connectivity index (χ1) is 6.76. The highest BCUT2D eigenvalue weighted by molar-refractivity contribution is 5.33. The van der Waals surface area contributed by atoms with Gasteiger partial charge in [0.2, 0.25) is 0 Å². The third-order valence-corrected chi connectivity index (χ3v) is 2.42. The molecule has 78 valence electrons. The van der Waals surface area contributed by atoms with Crippen molar-refractivity contribution in [1.29, 1.82) is 0 Å². The second-order valence-electron chi connectivity index (χ2n) is 3.82. The van der Waals surface area contributed by atoms with Crippen LogP contribution in [0.1, 0.15) is 37.3 Å². The summed E-state index contributed by atoms with van der Waals surface area (Å²) < 4.78 is 5.24. The molecular formula is C13H20O. The van der Waals surface area contributed by atoms with E-state index in [9.17, 15) is 0 Å². The van der Waals surface area contributed by atoms with Gasteiger partial charge in [0.1, 0.15) is 5.75 Å². The van der Waals surface area contributed by atoms with Crippen LogP contribution in [0.4, 0.5) is 0 Å². The number of hydrogen-bond acceptors (Lipinski definition) is 1. The molecule has 0 bridgehead atoms. The molecule has 0 atom stereocenters. The van der Waals surface area contributed by atoms with Gasteiger partial charge in [-0.3, -0.25) is 0 Å². The lowest BCUT2D eigenvalue weighted by atomic mass is 10.0. The molecule has 14 heavy (non-hydrogen) atoms. The minimum Gasteiger partial charge on any atom is -0.497 e. The van der Waals surface area contributed by atoms with E-state index in [1.54, 1.807) is 7.11 Å². The predicted molar refractivity (Wildman–Crippen MR) is 61.0 cm³/mol. The van der Waals surface area contributed by atoms with Crippen LogP contribution in [0.5, 0.6) is 5.75 Å². The first-order valence-corrected chi connectivity index (χ1v) is 5.41. The summed E-state index contributed by atoms with van der Waals surface area (Å²) in [4.78, 5) is 0. The van der Waals surface area contributed by atoms with Gasteiger partial charge < -0.3 is 4.74 Å². The summed E-state index contributed by atoms with van der Waals surface area (Å²) in [7, 11) is 1.73. The molecule has 0 saturated carbocycles. The lowest BCUT2D eigenvalue weighted by molar-refractivity contribution is 0.414. The molecule has 0 saturated heterocycles. The smallest absolute Gasteiger partial charge is 0.119 e. The largest absolute Gasteiger partial charge is 0.497 e. The SMILES string of the molecule is CCCCCc1cc(C)cc(OC)c1. The molecule has 1 aromatic carbocycles. The minimum absolute atomic E-state index is 0.983. The van der Waals surface area contributed by atoms with Gasteiger partial charge in [0.05, 0.1) is 7.11 Å². The lowest BCUT2D eigenvalue weighted by Crippen LogP contribution is -1.90. The van der Waals surface area contributed by atoms with Crippen molar-refractivity contribution in [2.45, 2.75) is 39.5 Å². The molecule has 0 N–H and O–H groups in total. The van der Waals surface area contributed by atoms with Gasteiger partial charge in [0, 0.05) is 0 Å². The summed E-state index contributed by atoms with van der Waals surface area (Å²) in [5, 5.41) is 0. The summed E-state index contributed by atoms with van der Waals surface area (Å²) in [5.41, 5.74) is 2.69. The summed E-state index contributed by atoms with van der Waals surface area (Å²) in [5.74, 6) is 0.983. The molecule has 1 aromatic rings. The van der Waals surface area contributed by atoms with Crippen LogP contribution in [0.3, 0.4) is 0 Å². The van der Waals surface area contributed by atoms with Crippen molar-refractivity contribution in [3.63, 3.8) is 0 Å². The van der Waals surface area contributed by atoms with Crippen molar-refractivity contribution in [3.05, 3.63) is 29.3 Å². The number of aryl methyl sites for hydroxylation is 2. The third kappa shape index (κ3) is 3.41. The van der Waals surface area contributed by atoms with E-state index in [4.69, 9.17) is 4.74 Å². The molecule has 1 heteroatoms. The summed E-state index contributed by atoms with van der Waals surface area (Å²) in [6, 6.07) is 6.46. The number of benzene rings is 1. The Hall–Kier alpha value is -0.980. The van der Waals surface area contributed by atoms with Crippen molar-refractivity contribution in [2.75, 3.05) is 7.11 Å². The van der Waals surface area contributed by atoms with E-state index in [1.165, 1.54) is 36.8 Å². The van der Waals surface area contributed by atoms with Gasteiger partial charge in [0.15, 0.2) is 0 Å². The number of rotatable bonds is 5. The minimum atomic E-state index is 0.983. The molecule has 0 unspecified atom stereocenters. The van der Waals surface area contributed by atoms with Crippen LogP contribution in [0.2, 0.25) is 0 Å². The monoisotopic (exact) mass is 192 g/mol. The molecule has 1 rings (SSSR count). The fraction of sp³-hybridized carbons (Fsp3) is 0.538. The zero-order chi connectivity index (χ0) is 10.4. The van der Waals surface area contributed by atoms with E-state index in [0.717, 1.165) is 5.75 Å². The van der Waals surface area contributed by atoms with Gasteiger partial charge in [-0.2, -0.15) is 0 Å². The Kier molecular flexibility index (Phi) is 4.51. The third-order valence-electron chi connectivity index (χ3n) is 2.42. The number of methoxy groups -OCH3 is 1. The quantitative estimate of drug-likeness (QED) is 0.646. The molecule has 1 nitrogen and oxygen atoms in total. The second kappa shape index (κ2) is 5.69. The Morgan fingerprint density at radius 1 is 1.14 bits per heavy atom. The van der Waals surface area contributed by atoms with Crippen molar-refractivity contribution in [1.82, 2.24) is 0 Å². The highest BCUT2D eigenvalue weighted by Crippen LogP contribution is 2.18. The van der Waals surface area contributed by atoms with Gasteiger partial charge in [0.25, 0.3) is 0 Å². The highest BCUT2D eigenvalue weighted by atomic mass is 16.5. The average Bonchev–Trinajstić information content (AvgIpc) is 2.17. The number of hydrogen-bond donors (Lipinski definition) is 0. The molecule has 0 aliphatic carbocycles. The Bertz CT molecular complexity index is 279. The van der Waals surface area contributed by atoms with E-state index >= 15 is 0 Å². The molecule has 0 heterocycles. The molecule has 0 radical (unpaired) electrons. The molecule has 0 spiro atoms. The van der Waals surface area contributed by atoms with E-state index in [-0.39, 0.29) is 0 Å². The van der Waals surface area contributed by atoms with Gasteiger partial charge in [-0.1, -0.05) is 25.8 Å². The van der Waals surface area contributed by atoms with Crippen molar-refractivity contribution in [3.8, 4) is 5.75 Å².